The van der Waals surface area contributed by atoms with Gasteiger partial charge in [-0.2, -0.15) is 0 Å². The highest BCUT2D eigenvalue weighted by atomic mass is 16.6. The standard InChI is InChI=1S/C18H16O7/c1-10-17(25-16-5-3-2-4-15(16)24-10)18(22)23-9-14(21)12-7-6-11(19)8-13(12)20/h2-8,10,17,19-20H,9H2,1H3/t10-,17+/m1/s1. The molecule has 0 unspecified atom stereocenters. The van der Waals surface area contributed by atoms with Gasteiger partial charge in [0.1, 0.15) is 17.6 Å². The lowest BCUT2D eigenvalue weighted by atomic mass is 10.1. The largest absolute Gasteiger partial charge is 0.508 e. The first-order valence-corrected chi connectivity index (χ1v) is 7.60. The van der Waals surface area contributed by atoms with Crippen LogP contribution >= 0.6 is 0 Å². The van der Waals surface area contributed by atoms with Crippen LogP contribution in [0.3, 0.4) is 0 Å². The first-order valence-electron chi connectivity index (χ1n) is 7.60. The van der Waals surface area contributed by atoms with Gasteiger partial charge in [-0.15, -0.1) is 0 Å². The summed E-state index contributed by atoms with van der Waals surface area (Å²) < 4.78 is 16.2. The van der Waals surface area contributed by atoms with E-state index < -0.39 is 30.6 Å². The number of phenolic OH excluding ortho intramolecular Hbond substituents is 2. The van der Waals surface area contributed by atoms with Crippen LogP contribution in [-0.4, -0.2) is 40.8 Å². The highest BCUT2D eigenvalue weighted by molar-refractivity contribution is 6.00. The van der Waals surface area contributed by atoms with Gasteiger partial charge in [-0.1, -0.05) is 12.1 Å². The van der Waals surface area contributed by atoms with Crippen molar-refractivity contribution in [1.29, 1.82) is 0 Å². The normalized spacial score (nSPS) is 18.4. The number of fused-ring (bicyclic) bond motifs is 1. The average molecular weight is 344 g/mol. The van der Waals surface area contributed by atoms with E-state index in [0.29, 0.717) is 11.5 Å². The third kappa shape index (κ3) is 3.50. The topological polar surface area (TPSA) is 102 Å². The van der Waals surface area contributed by atoms with E-state index in [1.54, 1.807) is 31.2 Å². The number of hydrogen-bond acceptors (Lipinski definition) is 7. The van der Waals surface area contributed by atoms with Gasteiger partial charge in [0.15, 0.2) is 18.1 Å². The van der Waals surface area contributed by atoms with Crippen molar-refractivity contribution >= 4 is 11.8 Å². The molecule has 2 aromatic carbocycles. The summed E-state index contributed by atoms with van der Waals surface area (Å²) in [4.78, 5) is 24.3. The predicted molar refractivity (Wildman–Crippen MR) is 86.0 cm³/mol. The number of rotatable bonds is 4. The first kappa shape index (κ1) is 16.6. The molecule has 7 heteroatoms. The van der Waals surface area contributed by atoms with Crippen molar-refractivity contribution in [3.63, 3.8) is 0 Å². The molecule has 2 atom stereocenters. The van der Waals surface area contributed by atoms with E-state index in [1.165, 1.54) is 12.1 Å². The summed E-state index contributed by atoms with van der Waals surface area (Å²) in [6, 6.07) is 10.5. The minimum absolute atomic E-state index is 0.0511. The van der Waals surface area contributed by atoms with Crippen molar-refractivity contribution in [3.05, 3.63) is 48.0 Å². The Morgan fingerprint density at radius 3 is 2.44 bits per heavy atom. The summed E-state index contributed by atoms with van der Waals surface area (Å²) in [5.41, 5.74) is -0.0511. The Balaban J connectivity index is 1.64. The van der Waals surface area contributed by atoms with E-state index in [2.05, 4.69) is 0 Å². The zero-order valence-corrected chi connectivity index (χ0v) is 13.3. The van der Waals surface area contributed by atoms with Crippen LogP contribution in [-0.2, 0) is 9.53 Å². The number of para-hydroxylation sites is 2. The third-order valence-corrected chi connectivity index (χ3v) is 3.70. The van der Waals surface area contributed by atoms with E-state index >= 15 is 0 Å². The SMILES string of the molecule is C[C@H]1Oc2ccccc2O[C@@H]1C(=O)OCC(=O)c1ccc(O)cc1O. The van der Waals surface area contributed by atoms with Crippen LogP contribution < -0.4 is 9.47 Å². The van der Waals surface area contributed by atoms with Gasteiger partial charge in [-0.05, 0) is 31.2 Å². The molecule has 0 aliphatic carbocycles. The minimum Gasteiger partial charge on any atom is -0.508 e. The average Bonchev–Trinajstić information content (AvgIpc) is 2.58. The molecular weight excluding hydrogens is 328 g/mol. The smallest absolute Gasteiger partial charge is 0.351 e. The monoisotopic (exact) mass is 344 g/mol. The molecule has 0 saturated carbocycles. The molecule has 0 aromatic heterocycles. The predicted octanol–water partition coefficient (Wildman–Crippen LogP) is 2.05. The molecule has 1 aliphatic heterocycles. The fraction of sp³-hybridized carbons (Fsp3) is 0.222. The summed E-state index contributed by atoms with van der Waals surface area (Å²) in [7, 11) is 0. The molecule has 0 bridgehead atoms. The summed E-state index contributed by atoms with van der Waals surface area (Å²) >= 11 is 0. The van der Waals surface area contributed by atoms with Crippen molar-refractivity contribution in [2.24, 2.45) is 0 Å². The Labute approximate surface area is 143 Å². The van der Waals surface area contributed by atoms with E-state index in [4.69, 9.17) is 14.2 Å². The Morgan fingerprint density at radius 1 is 1.08 bits per heavy atom. The molecule has 7 nitrogen and oxygen atoms in total. The van der Waals surface area contributed by atoms with E-state index in [9.17, 15) is 19.8 Å². The Kier molecular flexibility index (Phi) is 4.47. The number of benzene rings is 2. The Morgan fingerprint density at radius 2 is 1.76 bits per heavy atom. The van der Waals surface area contributed by atoms with Crippen LogP contribution in [0.15, 0.2) is 42.5 Å². The van der Waals surface area contributed by atoms with Gasteiger partial charge in [0.05, 0.1) is 5.56 Å². The number of Topliss-reactive ketones (excluding diaryl/α,β-unsaturated/α-hetero) is 1. The number of aromatic hydroxyl groups is 2. The van der Waals surface area contributed by atoms with Crippen LogP contribution in [0.5, 0.6) is 23.0 Å². The van der Waals surface area contributed by atoms with Gasteiger partial charge in [0.25, 0.3) is 0 Å². The molecule has 2 N–H and O–H groups in total. The third-order valence-electron chi connectivity index (χ3n) is 3.70. The molecule has 130 valence electrons. The van der Waals surface area contributed by atoms with Crippen molar-refractivity contribution in [1.82, 2.24) is 0 Å². The van der Waals surface area contributed by atoms with Gasteiger partial charge in [-0.25, -0.2) is 4.79 Å². The molecule has 3 rings (SSSR count). The maximum atomic E-state index is 12.2. The van der Waals surface area contributed by atoms with Gasteiger partial charge >= 0.3 is 5.97 Å². The van der Waals surface area contributed by atoms with Gasteiger partial charge < -0.3 is 24.4 Å². The minimum atomic E-state index is -1.00. The lowest BCUT2D eigenvalue weighted by Crippen LogP contribution is -2.44. The number of carbonyl (C=O) groups excluding carboxylic acids is 2. The van der Waals surface area contributed by atoms with Crippen molar-refractivity contribution in [2.45, 2.75) is 19.1 Å². The van der Waals surface area contributed by atoms with Crippen LogP contribution in [0, 0.1) is 0 Å². The van der Waals surface area contributed by atoms with Crippen molar-refractivity contribution in [2.75, 3.05) is 6.61 Å². The molecule has 0 amide bonds. The second kappa shape index (κ2) is 6.72. The maximum absolute atomic E-state index is 12.2. The van der Waals surface area contributed by atoms with Crippen LogP contribution in [0.1, 0.15) is 17.3 Å². The first-order chi connectivity index (χ1) is 12.0. The second-order valence-corrected chi connectivity index (χ2v) is 5.54. The van der Waals surface area contributed by atoms with Crippen LogP contribution in [0.25, 0.3) is 0 Å². The molecule has 1 aliphatic rings. The maximum Gasteiger partial charge on any atom is 0.351 e. The van der Waals surface area contributed by atoms with E-state index in [-0.39, 0.29) is 17.1 Å². The molecule has 0 fully saturated rings. The summed E-state index contributed by atoms with van der Waals surface area (Å²) in [5, 5.41) is 18.9. The number of hydrogen-bond donors (Lipinski definition) is 2. The lowest BCUT2D eigenvalue weighted by Gasteiger charge is -2.30. The van der Waals surface area contributed by atoms with Crippen molar-refractivity contribution < 1.29 is 34.0 Å². The number of phenols is 2. The van der Waals surface area contributed by atoms with Crippen molar-refractivity contribution in [3.8, 4) is 23.0 Å². The number of ketones is 1. The zero-order chi connectivity index (χ0) is 18.0. The molecule has 2 aromatic rings. The van der Waals surface area contributed by atoms with Gasteiger partial charge in [-0.3, -0.25) is 4.79 Å². The van der Waals surface area contributed by atoms with E-state index in [1.807, 2.05) is 0 Å². The molecule has 0 radical (unpaired) electrons. The Hall–Kier alpha value is -3.22. The Bertz CT molecular complexity index is 815. The molecule has 0 saturated heterocycles. The van der Waals surface area contributed by atoms with Crippen LogP contribution in [0.2, 0.25) is 0 Å². The fourth-order valence-electron chi connectivity index (χ4n) is 2.43. The quantitative estimate of drug-likeness (QED) is 0.646. The van der Waals surface area contributed by atoms with Gasteiger partial charge in [0, 0.05) is 6.07 Å². The summed E-state index contributed by atoms with van der Waals surface area (Å²) in [5.74, 6) is -0.953. The summed E-state index contributed by atoms with van der Waals surface area (Å²) in [6.07, 6.45) is -1.59. The number of carbonyl (C=O) groups is 2. The molecule has 0 spiro atoms. The highest BCUT2D eigenvalue weighted by Gasteiger charge is 2.35. The van der Waals surface area contributed by atoms with Crippen LogP contribution in [0.4, 0.5) is 0 Å². The molecule has 25 heavy (non-hydrogen) atoms. The zero-order valence-electron chi connectivity index (χ0n) is 13.3. The highest BCUT2D eigenvalue weighted by Crippen LogP contribution is 2.33. The second-order valence-electron chi connectivity index (χ2n) is 5.54. The van der Waals surface area contributed by atoms with E-state index in [0.717, 1.165) is 6.07 Å². The number of esters is 1. The molecular formula is C18H16O7. The van der Waals surface area contributed by atoms with Gasteiger partial charge in [0.2, 0.25) is 11.9 Å². The fourth-order valence-corrected chi connectivity index (χ4v) is 2.43. The summed E-state index contributed by atoms with van der Waals surface area (Å²) in [6.45, 7) is 1.10. The molecule has 1 heterocycles. The lowest BCUT2D eigenvalue weighted by molar-refractivity contribution is -0.156. The number of ether oxygens (including phenoxy) is 3.